The maximum atomic E-state index is 11.0. The van der Waals surface area contributed by atoms with Gasteiger partial charge in [0.15, 0.2) is 0 Å². The van der Waals surface area contributed by atoms with Gasteiger partial charge in [0, 0.05) is 16.9 Å². The molecule has 2 atom stereocenters. The Morgan fingerprint density at radius 2 is 1.86 bits per heavy atom. The molecule has 0 bridgehead atoms. The Bertz CT molecular complexity index is 666. The van der Waals surface area contributed by atoms with Crippen molar-refractivity contribution in [2.24, 2.45) is 5.92 Å². The molecule has 1 N–H and O–H groups in total. The highest BCUT2D eigenvalue weighted by Crippen LogP contribution is 2.49. The van der Waals surface area contributed by atoms with Crippen LogP contribution in [0.2, 0.25) is 0 Å². The van der Waals surface area contributed by atoms with Gasteiger partial charge in [-0.3, -0.25) is 0 Å². The van der Waals surface area contributed by atoms with Crippen molar-refractivity contribution in [1.29, 1.82) is 0 Å². The number of fused-ring (bicyclic) bond motifs is 1. The van der Waals surface area contributed by atoms with Crippen molar-refractivity contribution < 1.29 is 14.3 Å². The van der Waals surface area contributed by atoms with Gasteiger partial charge in [0.2, 0.25) is 0 Å². The standard InChI is InChI=1S/C18H24O3/c1-11-15(12-8-6-7-9-14(12)20-11)16(19)13-10-17(2,3)21-18(13,4)5/h6-9,13,16,19H,10H2,1-5H3. The third-order valence-electron chi connectivity index (χ3n) is 4.64. The highest BCUT2D eigenvalue weighted by atomic mass is 16.5. The first kappa shape index (κ1) is 14.6. The number of aryl methyl sites for hydroxylation is 1. The summed E-state index contributed by atoms with van der Waals surface area (Å²) in [4.78, 5) is 0. The van der Waals surface area contributed by atoms with Crippen LogP contribution in [-0.4, -0.2) is 16.3 Å². The van der Waals surface area contributed by atoms with Gasteiger partial charge in [0.1, 0.15) is 11.3 Å². The van der Waals surface area contributed by atoms with Crippen molar-refractivity contribution in [3.05, 3.63) is 35.6 Å². The molecule has 1 aromatic carbocycles. The molecular weight excluding hydrogens is 264 g/mol. The Morgan fingerprint density at radius 1 is 1.19 bits per heavy atom. The lowest BCUT2D eigenvalue weighted by atomic mass is 9.80. The van der Waals surface area contributed by atoms with Crippen molar-refractivity contribution in [1.82, 2.24) is 0 Å². The molecule has 1 aliphatic rings. The average Bonchev–Trinajstić information content (AvgIpc) is 2.80. The molecule has 1 fully saturated rings. The number of furan rings is 1. The third-order valence-corrected chi connectivity index (χ3v) is 4.64. The minimum absolute atomic E-state index is 0.0483. The predicted molar refractivity (Wildman–Crippen MR) is 83.3 cm³/mol. The summed E-state index contributed by atoms with van der Waals surface area (Å²) < 4.78 is 11.9. The molecule has 0 amide bonds. The monoisotopic (exact) mass is 288 g/mol. The fourth-order valence-electron chi connectivity index (χ4n) is 3.85. The van der Waals surface area contributed by atoms with Crippen LogP contribution in [0.5, 0.6) is 0 Å². The van der Waals surface area contributed by atoms with Crippen LogP contribution in [0.3, 0.4) is 0 Å². The molecule has 0 spiro atoms. The van der Waals surface area contributed by atoms with Crippen LogP contribution in [0.25, 0.3) is 11.0 Å². The minimum Gasteiger partial charge on any atom is -0.461 e. The van der Waals surface area contributed by atoms with Gasteiger partial charge in [0.05, 0.1) is 17.3 Å². The second-order valence-corrected chi connectivity index (χ2v) is 7.29. The molecule has 3 nitrogen and oxygen atoms in total. The normalized spacial score (nSPS) is 25.3. The van der Waals surface area contributed by atoms with Crippen LogP contribution in [0.1, 0.15) is 51.5 Å². The lowest BCUT2D eigenvalue weighted by molar-refractivity contribution is -0.0880. The molecule has 1 aromatic heterocycles. The third kappa shape index (κ3) is 2.39. The molecule has 114 valence electrons. The molecule has 0 radical (unpaired) electrons. The molecule has 3 rings (SSSR count). The summed E-state index contributed by atoms with van der Waals surface area (Å²) in [6.07, 6.45) is 0.255. The predicted octanol–water partition coefficient (Wildman–Crippen LogP) is 4.37. The van der Waals surface area contributed by atoms with E-state index < -0.39 is 6.10 Å². The van der Waals surface area contributed by atoms with E-state index >= 15 is 0 Å². The van der Waals surface area contributed by atoms with Gasteiger partial charge < -0.3 is 14.3 Å². The Morgan fingerprint density at radius 3 is 2.48 bits per heavy atom. The maximum absolute atomic E-state index is 11.0. The maximum Gasteiger partial charge on any atom is 0.134 e. The highest BCUT2D eigenvalue weighted by molar-refractivity contribution is 5.82. The van der Waals surface area contributed by atoms with Crippen LogP contribution in [0, 0.1) is 12.8 Å². The number of aliphatic hydroxyl groups excluding tert-OH is 1. The number of rotatable bonds is 2. The van der Waals surface area contributed by atoms with Gasteiger partial charge >= 0.3 is 0 Å². The molecule has 1 aliphatic heterocycles. The lowest BCUT2D eigenvalue weighted by Gasteiger charge is -2.30. The number of benzene rings is 1. The quantitative estimate of drug-likeness (QED) is 0.892. The van der Waals surface area contributed by atoms with Gasteiger partial charge in [-0.25, -0.2) is 0 Å². The summed E-state index contributed by atoms with van der Waals surface area (Å²) in [6, 6.07) is 7.89. The van der Waals surface area contributed by atoms with Crippen LogP contribution >= 0.6 is 0 Å². The summed E-state index contributed by atoms with van der Waals surface area (Å²) in [7, 11) is 0. The van der Waals surface area contributed by atoms with Gasteiger partial charge in [-0.15, -0.1) is 0 Å². The van der Waals surface area contributed by atoms with E-state index in [0.717, 1.165) is 28.7 Å². The molecule has 1 saturated heterocycles. The van der Waals surface area contributed by atoms with E-state index in [1.165, 1.54) is 0 Å². The fraction of sp³-hybridized carbons (Fsp3) is 0.556. The van der Waals surface area contributed by atoms with Crippen molar-refractivity contribution in [2.45, 2.75) is 58.3 Å². The molecule has 0 aliphatic carbocycles. The first-order chi connectivity index (χ1) is 9.71. The Hall–Kier alpha value is -1.32. The molecule has 0 saturated carbocycles. The second kappa shape index (κ2) is 4.59. The second-order valence-electron chi connectivity index (χ2n) is 7.29. The zero-order valence-corrected chi connectivity index (χ0v) is 13.4. The summed E-state index contributed by atoms with van der Waals surface area (Å²) in [5.41, 5.74) is 1.18. The van der Waals surface area contributed by atoms with E-state index in [9.17, 15) is 5.11 Å². The summed E-state index contributed by atoms with van der Waals surface area (Å²) in [6.45, 7) is 10.2. The zero-order valence-electron chi connectivity index (χ0n) is 13.4. The van der Waals surface area contributed by atoms with Crippen molar-refractivity contribution in [3.63, 3.8) is 0 Å². The topological polar surface area (TPSA) is 42.6 Å². The average molecular weight is 288 g/mol. The molecule has 2 heterocycles. The number of hydrogen-bond acceptors (Lipinski definition) is 3. The van der Waals surface area contributed by atoms with E-state index in [0.29, 0.717) is 0 Å². The van der Waals surface area contributed by atoms with E-state index in [1.807, 2.05) is 31.2 Å². The molecule has 3 heteroatoms. The first-order valence-electron chi connectivity index (χ1n) is 7.57. The van der Waals surface area contributed by atoms with Gasteiger partial charge in [0.25, 0.3) is 0 Å². The number of hydrogen-bond donors (Lipinski definition) is 1. The smallest absolute Gasteiger partial charge is 0.134 e. The van der Waals surface area contributed by atoms with E-state index in [-0.39, 0.29) is 17.1 Å². The Kier molecular flexibility index (Phi) is 3.19. The van der Waals surface area contributed by atoms with Crippen LogP contribution in [-0.2, 0) is 4.74 Å². The molecule has 2 unspecified atom stereocenters. The largest absolute Gasteiger partial charge is 0.461 e. The zero-order chi connectivity index (χ0) is 15.4. The van der Waals surface area contributed by atoms with Gasteiger partial charge in [-0.05, 0) is 47.1 Å². The van der Waals surface area contributed by atoms with E-state index in [2.05, 4.69) is 27.7 Å². The molecular formula is C18H24O3. The van der Waals surface area contributed by atoms with Crippen LogP contribution in [0.15, 0.2) is 28.7 Å². The number of ether oxygens (including phenoxy) is 1. The van der Waals surface area contributed by atoms with Crippen molar-refractivity contribution in [2.75, 3.05) is 0 Å². The Labute approximate surface area is 125 Å². The van der Waals surface area contributed by atoms with E-state index in [4.69, 9.17) is 9.15 Å². The molecule has 21 heavy (non-hydrogen) atoms. The van der Waals surface area contributed by atoms with E-state index in [1.54, 1.807) is 0 Å². The molecule has 2 aromatic rings. The summed E-state index contributed by atoms with van der Waals surface area (Å²) in [5.74, 6) is 0.844. The number of aliphatic hydroxyl groups is 1. The fourth-order valence-corrected chi connectivity index (χ4v) is 3.85. The van der Waals surface area contributed by atoms with Crippen molar-refractivity contribution in [3.8, 4) is 0 Å². The van der Waals surface area contributed by atoms with Gasteiger partial charge in [-0.2, -0.15) is 0 Å². The van der Waals surface area contributed by atoms with Crippen LogP contribution < -0.4 is 0 Å². The first-order valence-corrected chi connectivity index (χ1v) is 7.57. The summed E-state index contributed by atoms with van der Waals surface area (Å²) in [5, 5.41) is 12.0. The highest BCUT2D eigenvalue weighted by Gasteiger charge is 2.49. The Balaban J connectivity index is 2.05. The van der Waals surface area contributed by atoms with Crippen LogP contribution in [0.4, 0.5) is 0 Å². The SMILES string of the molecule is Cc1oc2ccccc2c1C(O)C1CC(C)(C)OC1(C)C. The van der Waals surface area contributed by atoms with Gasteiger partial charge in [-0.1, -0.05) is 18.2 Å². The lowest BCUT2D eigenvalue weighted by Crippen LogP contribution is -2.32. The number of para-hydroxylation sites is 1. The van der Waals surface area contributed by atoms with Crippen molar-refractivity contribution >= 4 is 11.0 Å². The minimum atomic E-state index is -0.578. The summed E-state index contributed by atoms with van der Waals surface area (Å²) >= 11 is 0.